The van der Waals surface area contributed by atoms with Crippen molar-refractivity contribution in [2.24, 2.45) is 0 Å². The Morgan fingerprint density at radius 1 is 1.22 bits per heavy atom. The van der Waals surface area contributed by atoms with Crippen molar-refractivity contribution in [3.8, 4) is 5.75 Å². The number of rotatable bonds is 2. The first-order valence-electron chi connectivity index (χ1n) is 2.52. The van der Waals surface area contributed by atoms with E-state index in [-0.39, 0.29) is 0 Å². The summed E-state index contributed by atoms with van der Waals surface area (Å²) in [6.45, 7) is 0. The minimum atomic E-state index is -0.715. The Morgan fingerprint density at radius 3 is 2.44 bits per heavy atom. The summed E-state index contributed by atoms with van der Waals surface area (Å²) in [5, 5.41) is 0. The highest BCUT2D eigenvalue weighted by molar-refractivity contribution is 7.23. The first-order chi connectivity index (χ1) is 4.43. The van der Waals surface area contributed by atoms with Gasteiger partial charge in [0.15, 0.2) is 0 Å². The van der Waals surface area contributed by atoms with Gasteiger partial charge < -0.3 is 9.42 Å². The van der Waals surface area contributed by atoms with Crippen LogP contribution >= 0.6 is 9.03 Å². The third kappa shape index (κ3) is 2.00. The van der Waals surface area contributed by atoms with E-state index in [1.807, 2.05) is 18.2 Å². The van der Waals surface area contributed by atoms with Crippen molar-refractivity contribution in [3.63, 3.8) is 0 Å². The van der Waals surface area contributed by atoms with Gasteiger partial charge in [0.25, 0.3) is 0 Å². The molecule has 3 heteroatoms. The van der Waals surface area contributed by atoms with Gasteiger partial charge in [-0.25, -0.2) is 0 Å². The second-order valence-electron chi connectivity index (χ2n) is 1.50. The van der Waals surface area contributed by atoms with Crippen molar-refractivity contribution >= 4 is 9.03 Å². The van der Waals surface area contributed by atoms with Crippen LogP contribution in [0.25, 0.3) is 0 Å². The Hall–Kier alpha value is -0.590. The van der Waals surface area contributed by atoms with Crippen molar-refractivity contribution in [1.82, 2.24) is 0 Å². The number of hydrogen-bond donors (Lipinski definition) is 0. The predicted octanol–water partition coefficient (Wildman–Crippen LogP) is 0.934. The summed E-state index contributed by atoms with van der Waals surface area (Å²) in [7, 11) is -0.715. The zero-order chi connectivity index (χ0) is 6.53. The topological polar surface area (TPSA) is 32.3 Å². The fraction of sp³-hybridized carbons (Fsp3) is 0. The molecule has 0 saturated carbocycles. The molecule has 0 aliphatic heterocycles. The molecule has 48 valence electrons. The Bertz CT molecular complexity index is 164. The molecule has 1 unspecified atom stereocenters. The highest BCUT2D eigenvalue weighted by Gasteiger charge is 1.81. The summed E-state index contributed by atoms with van der Waals surface area (Å²) in [6.07, 6.45) is 0. The quantitative estimate of drug-likeness (QED) is 0.574. The molecular weight excluding hydrogens is 135 g/mol. The average Bonchev–Trinajstić information content (AvgIpc) is 1.91. The summed E-state index contributed by atoms with van der Waals surface area (Å²) in [5.74, 6) is 0.644. The van der Waals surface area contributed by atoms with E-state index in [0.717, 1.165) is 0 Å². The van der Waals surface area contributed by atoms with Crippen LogP contribution < -0.4 is 9.42 Å². The van der Waals surface area contributed by atoms with E-state index in [1.54, 1.807) is 12.1 Å². The summed E-state index contributed by atoms with van der Waals surface area (Å²) in [5.41, 5.74) is 0. The van der Waals surface area contributed by atoms with E-state index in [9.17, 15) is 4.89 Å². The fourth-order valence-corrected chi connectivity index (χ4v) is 0.769. The molecule has 0 amide bonds. The molecule has 0 radical (unpaired) electrons. The number of para-hydroxylation sites is 1. The lowest BCUT2D eigenvalue weighted by atomic mass is 10.3. The standard InChI is InChI=1S/C6H6O2P/c7-9-8-6-4-2-1-3-5-6/h1-5,9H/q-1. The molecule has 1 rings (SSSR count). The number of benzene rings is 1. The van der Waals surface area contributed by atoms with Gasteiger partial charge in [0.2, 0.25) is 0 Å². The van der Waals surface area contributed by atoms with Crippen LogP contribution in [0.4, 0.5) is 0 Å². The second kappa shape index (κ2) is 3.44. The van der Waals surface area contributed by atoms with Crippen LogP contribution in [0, 0.1) is 0 Å². The summed E-state index contributed by atoms with van der Waals surface area (Å²) >= 11 is 0. The van der Waals surface area contributed by atoms with Crippen molar-refractivity contribution in [3.05, 3.63) is 30.3 Å². The molecule has 0 spiro atoms. The lowest BCUT2D eigenvalue weighted by Gasteiger charge is -2.06. The normalized spacial score (nSPS) is 10.3. The molecule has 1 atom stereocenters. The van der Waals surface area contributed by atoms with Gasteiger partial charge in [0.05, 0.1) is 0 Å². The van der Waals surface area contributed by atoms with Crippen LogP contribution in [0.1, 0.15) is 0 Å². The Morgan fingerprint density at radius 2 is 1.89 bits per heavy atom. The molecule has 0 bridgehead atoms. The molecule has 9 heavy (non-hydrogen) atoms. The fourth-order valence-electron chi connectivity index (χ4n) is 0.537. The van der Waals surface area contributed by atoms with E-state index >= 15 is 0 Å². The van der Waals surface area contributed by atoms with Gasteiger partial charge in [-0.3, -0.25) is 0 Å². The van der Waals surface area contributed by atoms with Crippen LogP contribution in [-0.4, -0.2) is 0 Å². The molecule has 0 N–H and O–H groups in total. The monoisotopic (exact) mass is 141 g/mol. The molecule has 1 aromatic rings. The van der Waals surface area contributed by atoms with Gasteiger partial charge in [-0.1, -0.05) is 18.2 Å². The van der Waals surface area contributed by atoms with E-state index in [1.165, 1.54) is 0 Å². The molecule has 0 saturated heterocycles. The second-order valence-corrected chi connectivity index (χ2v) is 1.87. The van der Waals surface area contributed by atoms with Gasteiger partial charge in [-0.05, 0) is 21.2 Å². The molecule has 0 aliphatic carbocycles. The average molecular weight is 141 g/mol. The van der Waals surface area contributed by atoms with Gasteiger partial charge in [-0.2, -0.15) is 0 Å². The van der Waals surface area contributed by atoms with Gasteiger partial charge in [-0.15, -0.1) is 0 Å². The van der Waals surface area contributed by atoms with E-state index in [4.69, 9.17) is 0 Å². The SMILES string of the molecule is [O-]POc1ccccc1. The third-order valence-corrected chi connectivity index (χ3v) is 1.22. The summed E-state index contributed by atoms with van der Waals surface area (Å²) < 4.78 is 4.68. The lowest BCUT2D eigenvalue weighted by molar-refractivity contribution is -0.162. The Labute approximate surface area is 55.4 Å². The highest BCUT2D eigenvalue weighted by atomic mass is 31.1. The summed E-state index contributed by atoms with van der Waals surface area (Å²) in [4.78, 5) is 9.90. The van der Waals surface area contributed by atoms with Crippen molar-refractivity contribution in [2.75, 3.05) is 0 Å². The van der Waals surface area contributed by atoms with Gasteiger partial charge in [0.1, 0.15) is 5.75 Å². The summed E-state index contributed by atoms with van der Waals surface area (Å²) in [6, 6.07) is 9.04. The van der Waals surface area contributed by atoms with Crippen molar-refractivity contribution in [2.45, 2.75) is 0 Å². The first-order valence-corrected chi connectivity index (χ1v) is 3.34. The smallest absolute Gasteiger partial charge is 0.121 e. The predicted molar refractivity (Wildman–Crippen MR) is 35.4 cm³/mol. The van der Waals surface area contributed by atoms with Crippen LogP contribution in [0.3, 0.4) is 0 Å². The maximum absolute atomic E-state index is 9.90. The van der Waals surface area contributed by atoms with Crippen LogP contribution in [0.15, 0.2) is 30.3 Å². The number of hydrogen-bond acceptors (Lipinski definition) is 2. The molecule has 0 heterocycles. The van der Waals surface area contributed by atoms with Crippen LogP contribution in [0.5, 0.6) is 5.75 Å². The molecule has 0 fully saturated rings. The molecular formula is C6H6O2P-. The van der Waals surface area contributed by atoms with Crippen LogP contribution in [-0.2, 0) is 0 Å². The Balaban J connectivity index is 2.61. The first kappa shape index (κ1) is 6.53. The minimum absolute atomic E-state index is 0.644. The van der Waals surface area contributed by atoms with E-state index < -0.39 is 9.03 Å². The van der Waals surface area contributed by atoms with Crippen LogP contribution in [0.2, 0.25) is 0 Å². The molecule has 1 aromatic carbocycles. The maximum Gasteiger partial charge on any atom is 0.121 e. The molecule has 0 aliphatic rings. The molecule has 2 nitrogen and oxygen atoms in total. The highest BCUT2D eigenvalue weighted by Crippen LogP contribution is 2.13. The molecule has 0 aromatic heterocycles. The Kier molecular flexibility index (Phi) is 2.49. The zero-order valence-corrected chi connectivity index (χ0v) is 5.70. The van der Waals surface area contributed by atoms with Crippen molar-refractivity contribution < 1.29 is 9.42 Å². The maximum atomic E-state index is 9.90. The minimum Gasteiger partial charge on any atom is -0.801 e. The lowest BCUT2D eigenvalue weighted by Crippen LogP contribution is -1.87. The van der Waals surface area contributed by atoms with Gasteiger partial charge >= 0.3 is 0 Å². The van der Waals surface area contributed by atoms with E-state index in [0.29, 0.717) is 5.75 Å². The third-order valence-electron chi connectivity index (χ3n) is 0.903. The van der Waals surface area contributed by atoms with Crippen molar-refractivity contribution in [1.29, 1.82) is 0 Å². The zero-order valence-electron chi connectivity index (χ0n) is 4.70. The van der Waals surface area contributed by atoms with E-state index in [2.05, 4.69) is 4.52 Å². The largest absolute Gasteiger partial charge is 0.801 e. The van der Waals surface area contributed by atoms with Gasteiger partial charge in [0, 0.05) is 0 Å².